The number of aryl methyl sites for hydroxylation is 1. The molecule has 2 aromatic heterocycles. The Morgan fingerprint density at radius 3 is 2.78 bits per heavy atom. The number of ether oxygens (including phenoxy) is 2. The van der Waals surface area contributed by atoms with Crippen LogP contribution in [0.25, 0.3) is 0 Å². The van der Waals surface area contributed by atoms with Crippen LogP contribution in [0.5, 0.6) is 5.88 Å². The molecule has 166 valence electrons. The normalized spacial score (nSPS) is 16.6. The molecular formula is C23H25ClN6O2. The third-order valence-corrected chi connectivity index (χ3v) is 6.17. The topological polar surface area (TPSA) is 107 Å². The lowest BCUT2D eigenvalue weighted by molar-refractivity contribution is 0.0236. The molecule has 9 heteroatoms. The van der Waals surface area contributed by atoms with Gasteiger partial charge >= 0.3 is 0 Å². The summed E-state index contributed by atoms with van der Waals surface area (Å²) >= 11 is 6.22. The van der Waals surface area contributed by atoms with Gasteiger partial charge in [0.2, 0.25) is 5.88 Å². The molecule has 32 heavy (non-hydrogen) atoms. The first-order valence-corrected chi connectivity index (χ1v) is 11.1. The molecule has 2 aliphatic heterocycles. The van der Waals surface area contributed by atoms with E-state index in [0.29, 0.717) is 30.2 Å². The Morgan fingerprint density at radius 1 is 1.25 bits per heavy atom. The van der Waals surface area contributed by atoms with E-state index in [0.717, 1.165) is 61.5 Å². The van der Waals surface area contributed by atoms with Crippen LogP contribution < -0.4 is 10.1 Å². The van der Waals surface area contributed by atoms with Crippen molar-refractivity contribution in [2.45, 2.75) is 45.4 Å². The number of hydrogen-bond acceptors (Lipinski definition) is 8. The van der Waals surface area contributed by atoms with Gasteiger partial charge in [0.05, 0.1) is 24.8 Å². The summed E-state index contributed by atoms with van der Waals surface area (Å²) in [4.78, 5) is 11.3. The van der Waals surface area contributed by atoms with Gasteiger partial charge in [0.15, 0.2) is 0 Å². The van der Waals surface area contributed by atoms with Gasteiger partial charge in [0.1, 0.15) is 29.7 Å². The predicted octanol–water partition coefficient (Wildman–Crippen LogP) is 3.36. The van der Waals surface area contributed by atoms with Gasteiger partial charge in [-0.25, -0.2) is 9.97 Å². The summed E-state index contributed by atoms with van der Waals surface area (Å²) in [6.07, 6.45) is 2.63. The lowest BCUT2D eigenvalue weighted by Crippen LogP contribution is -2.32. The highest BCUT2D eigenvalue weighted by molar-refractivity contribution is 6.30. The number of nitrogens with zero attached hydrogens (tertiary/aromatic N) is 5. The van der Waals surface area contributed by atoms with Crippen LogP contribution in [-0.2, 0) is 24.2 Å². The van der Waals surface area contributed by atoms with Gasteiger partial charge in [0.25, 0.3) is 0 Å². The maximum absolute atomic E-state index is 9.53. The molecule has 0 aliphatic carbocycles. The zero-order valence-electron chi connectivity index (χ0n) is 18.0. The molecule has 0 saturated carbocycles. The molecule has 4 rings (SSSR count). The van der Waals surface area contributed by atoms with Gasteiger partial charge in [-0.15, -0.1) is 0 Å². The highest BCUT2D eigenvalue weighted by Gasteiger charge is 2.26. The molecule has 0 unspecified atom stereocenters. The average Bonchev–Trinajstić information content (AvgIpc) is 2.80. The van der Waals surface area contributed by atoms with Crippen molar-refractivity contribution in [1.82, 2.24) is 14.9 Å². The van der Waals surface area contributed by atoms with Crippen LogP contribution in [0.1, 0.15) is 40.8 Å². The fraction of sp³-hybridized carbons (Fsp3) is 0.478. The van der Waals surface area contributed by atoms with Crippen molar-refractivity contribution in [3.8, 4) is 18.0 Å². The number of hydrogen-bond donors (Lipinski definition) is 1. The largest absolute Gasteiger partial charge is 0.474 e. The molecule has 0 radical (unpaired) electrons. The van der Waals surface area contributed by atoms with E-state index in [4.69, 9.17) is 26.3 Å². The van der Waals surface area contributed by atoms with Gasteiger partial charge < -0.3 is 14.8 Å². The molecule has 1 fully saturated rings. The Hall–Kier alpha value is -2.91. The molecular weight excluding hydrogens is 428 g/mol. The standard InChI is InChI=1S/C23H25ClN6O2/c1-15-16(2-3-21(28-15)32-17-5-10-31-11-6-17)13-30-9-4-18-19(12-26)22(24)29-23(20(18)14-30)27-8-7-25/h2-3,17H,4-6,8-11,13-14H2,1H3,(H,27,29). The molecule has 8 nitrogen and oxygen atoms in total. The summed E-state index contributed by atoms with van der Waals surface area (Å²) in [5, 5.41) is 21.7. The number of nitrogens with one attached hydrogen (secondary N) is 1. The number of fused-ring (bicyclic) bond motifs is 1. The average molecular weight is 453 g/mol. The highest BCUT2D eigenvalue weighted by Crippen LogP contribution is 2.32. The third-order valence-electron chi connectivity index (χ3n) is 5.89. The lowest BCUT2D eigenvalue weighted by Gasteiger charge is -2.31. The van der Waals surface area contributed by atoms with Gasteiger partial charge in [-0.05, 0) is 24.5 Å². The van der Waals surface area contributed by atoms with Gasteiger partial charge in [-0.3, -0.25) is 4.90 Å². The zero-order valence-corrected chi connectivity index (χ0v) is 18.8. The van der Waals surface area contributed by atoms with Crippen molar-refractivity contribution in [3.63, 3.8) is 0 Å². The quantitative estimate of drug-likeness (QED) is 0.525. The molecule has 1 N–H and O–H groups in total. The van der Waals surface area contributed by atoms with E-state index in [9.17, 15) is 5.26 Å². The van der Waals surface area contributed by atoms with Crippen molar-refractivity contribution in [2.24, 2.45) is 0 Å². The zero-order chi connectivity index (χ0) is 22.5. The van der Waals surface area contributed by atoms with Gasteiger partial charge in [-0.2, -0.15) is 10.5 Å². The first-order valence-electron chi connectivity index (χ1n) is 10.7. The molecule has 4 heterocycles. The molecule has 0 spiro atoms. The minimum absolute atomic E-state index is 0.124. The number of nitriles is 2. The number of pyridine rings is 2. The third kappa shape index (κ3) is 4.94. The van der Waals surface area contributed by atoms with Crippen LogP contribution in [0.3, 0.4) is 0 Å². The Labute approximate surface area is 192 Å². The van der Waals surface area contributed by atoms with E-state index in [-0.39, 0.29) is 17.8 Å². The Balaban J connectivity index is 1.49. The van der Waals surface area contributed by atoms with E-state index in [1.165, 1.54) is 0 Å². The summed E-state index contributed by atoms with van der Waals surface area (Å²) in [5.41, 5.74) is 4.34. The first kappa shape index (κ1) is 22.3. The summed E-state index contributed by atoms with van der Waals surface area (Å²) in [7, 11) is 0. The lowest BCUT2D eigenvalue weighted by atomic mass is 9.96. The monoisotopic (exact) mass is 452 g/mol. The fourth-order valence-electron chi connectivity index (χ4n) is 4.18. The minimum Gasteiger partial charge on any atom is -0.474 e. The summed E-state index contributed by atoms with van der Waals surface area (Å²) in [6.45, 7) is 5.71. The van der Waals surface area contributed by atoms with Crippen LogP contribution >= 0.6 is 11.6 Å². The molecule has 1 saturated heterocycles. The maximum atomic E-state index is 9.53. The van der Waals surface area contributed by atoms with Crippen molar-refractivity contribution in [1.29, 1.82) is 10.5 Å². The Bertz CT molecular complexity index is 1070. The van der Waals surface area contributed by atoms with Crippen molar-refractivity contribution >= 4 is 17.4 Å². The molecule has 0 bridgehead atoms. The minimum atomic E-state index is 0.124. The van der Waals surface area contributed by atoms with Gasteiger partial charge in [0, 0.05) is 49.8 Å². The number of aromatic nitrogens is 2. The Morgan fingerprint density at radius 2 is 2.06 bits per heavy atom. The van der Waals surface area contributed by atoms with Crippen LogP contribution in [0.15, 0.2) is 12.1 Å². The van der Waals surface area contributed by atoms with E-state index in [1.807, 2.05) is 13.0 Å². The number of anilines is 1. The number of rotatable bonds is 6. The van der Waals surface area contributed by atoms with Crippen LogP contribution in [-0.4, -0.2) is 47.3 Å². The summed E-state index contributed by atoms with van der Waals surface area (Å²) < 4.78 is 11.4. The second-order valence-corrected chi connectivity index (χ2v) is 8.35. The second-order valence-electron chi connectivity index (χ2n) is 7.99. The van der Waals surface area contributed by atoms with Crippen LogP contribution in [0.4, 0.5) is 5.82 Å². The molecule has 0 amide bonds. The van der Waals surface area contributed by atoms with Crippen molar-refractivity contribution < 1.29 is 9.47 Å². The smallest absolute Gasteiger partial charge is 0.213 e. The molecule has 0 aromatic carbocycles. The first-order chi connectivity index (χ1) is 15.6. The van der Waals surface area contributed by atoms with Gasteiger partial charge in [-0.1, -0.05) is 17.7 Å². The molecule has 2 aliphatic rings. The summed E-state index contributed by atoms with van der Waals surface area (Å²) in [6, 6.07) is 8.25. The van der Waals surface area contributed by atoms with Crippen molar-refractivity contribution in [2.75, 3.05) is 31.6 Å². The maximum Gasteiger partial charge on any atom is 0.213 e. The van der Waals surface area contributed by atoms with Crippen molar-refractivity contribution in [3.05, 3.63) is 45.2 Å². The molecule has 2 aromatic rings. The van der Waals surface area contributed by atoms with Crippen LogP contribution in [0, 0.1) is 29.6 Å². The Kier molecular flexibility index (Phi) is 7.06. The van der Waals surface area contributed by atoms with E-state index < -0.39 is 0 Å². The number of halogens is 1. The highest BCUT2D eigenvalue weighted by atomic mass is 35.5. The second kappa shape index (κ2) is 10.1. The molecule has 0 atom stereocenters. The van der Waals surface area contributed by atoms with E-state index in [1.54, 1.807) is 0 Å². The van der Waals surface area contributed by atoms with Crippen LogP contribution in [0.2, 0.25) is 5.15 Å². The summed E-state index contributed by atoms with van der Waals surface area (Å²) in [5.74, 6) is 1.23. The van der Waals surface area contributed by atoms with E-state index in [2.05, 4.69) is 38.4 Å². The SMILES string of the molecule is Cc1nc(OC2CCOCC2)ccc1CN1CCc2c(C#N)c(Cl)nc(NCC#N)c2C1. The van der Waals surface area contributed by atoms with E-state index >= 15 is 0 Å². The predicted molar refractivity (Wildman–Crippen MR) is 119 cm³/mol. The fourth-order valence-corrected chi connectivity index (χ4v) is 4.42.